The zero-order valence-electron chi connectivity index (χ0n) is 14.0. The van der Waals surface area contributed by atoms with Crippen LogP contribution >= 0.6 is 11.8 Å². The molecule has 1 aliphatic heterocycles. The van der Waals surface area contributed by atoms with Gasteiger partial charge in [0.25, 0.3) is 0 Å². The Kier molecular flexibility index (Phi) is 5.27. The molecule has 2 heterocycles. The first-order valence-electron chi connectivity index (χ1n) is 8.17. The minimum Gasteiger partial charge on any atom is -0.305 e. The van der Waals surface area contributed by atoms with E-state index in [0.717, 1.165) is 41.6 Å². The van der Waals surface area contributed by atoms with Crippen LogP contribution in [-0.4, -0.2) is 46.3 Å². The Labute approximate surface area is 147 Å². The summed E-state index contributed by atoms with van der Waals surface area (Å²) in [5, 5.41) is 9.33. The third kappa shape index (κ3) is 3.36. The van der Waals surface area contributed by atoms with Crippen molar-refractivity contribution >= 4 is 21.8 Å². The fourth-order valence-corrected chi connectivity index (χ4v) is 5.02. The molecule has 24 heavy (non-hydrogen) atoms. The van der Waals surface area contributed by atoms with Crippen molar-refractivity contribution in [1.29, 1.82) is 0 Å². The zero-order valence-corrected chi connectivity index (χ0v) is 15.6. The highest BCUT2D eigenvalue weighted by Gasteiger charge is 2.27. The van der Waals surface area contributed by atoms with Gasteiger partial charge in [-0.1, -0.05) is 18.7 Å². The quantitative estimate of drug-likeness (QED) is 0.736. The Morgan fingerprint density at radius 2 is 1.79 bits per heavy atom. The van der Waals surface area contributed by atoms with E-state index in [2.05, 4.69) is 17.1 Å². The molecule has 1 aromatic carbocycles. The Hall–Kier alpha value is -1.38. The molecule has 0 radical (unpaired) electrons. The standard InChI is InChI=1S/C16H22N4O2S2/c1-3-12-23-16-18-17-15(19(16)2)13-6-8-14(9-7-13)24(21,22)20-10-4-5-11-20/h6-9H,3-5,10-12H2,1-2H3. The summed E-state index contributed by atoms with van der Waals surface area (Å²) in [6, 6.07) is 6.94. The molecule has 0 bridgehead atoms. The van der Waals surface area contributed by atoms with Crippen molar-refractivity contribution in [2.24, 2.45) is 7.05 Å². The second-order valence-electron chi connectivity index (χ2n) is 5.85. The summed E-state index contributed by atoms with van der Waals surface area (Å²) >= 11 is 1.67. The lowest BCUT2D eigenvalue weighted by molar-refractivity contribution is 0.477. The van der Waals surface area contributed by atoms with E-state index in [9.17, 15) is 8.42 Å². The average molecular weight is 367 g/mol. The van der Waals surface area contributed by atoms with E-state index in [1.165, 1.54) is 0 Å². The third-order valence-electron chi connectivity index (χ3n) is 4.09. The lowest BCUT2D eigenvalue weighted by atomic mass is 10.2. The number of hydrogen-bond donors (Lipinski definition) is 0. The molecular formula is C16H22N4O2S2. The van der Waals surface area contributed by atoms with Crippen LogP contribution in [0.4, 0.5) is 0 Å². The second-order valence-corrected chi connectivity index (χ2v) is 8.85. The lowest BCUT2D eigenvalue weighted by Gasteiger charge is -2.15. The average Bonchev–Trinajstić information content (AvgIpc) is 3.24. The van der Waals surface area contributed by atoms with Gasteiger partial charge in [0.2, 0.25) is 10.0 Å². The summed E-state index contributed by atoms with van der Waals surface area (Å²) in [5.41, 5.74) is 0.869. The zero-order chi connectivity index (χ0) is 17.2. The smallest absolute Gasteiger partial charge is 0.243 e. The summed E-state index contributed by atoms with van der Waals surface area (Å²) in [6.45, 7) is 3.36. The van der Waals surface area contributed by atoms with Gasteiger partial charge in [-0.3, -0.25) is 0 Å². The molecule has 1 aromatic heterocycles. The van der Waals surface area contributed by atoms with Crippen molar-refractivity contribution in [3.63, 3.8) is 0 Å². The van der Waals surface area contributed by atoms with Gasteiger partial charge in [0.15, 0.2) is 11.0 Å². The predicted molar refractivity (Wildman–Crippen MR) is 95.4 cm³/mol. The van der Waals surface area contributed by atoms with E-state index in [4.69, 9.17) is 0 Å². The van der Waals surface area contributed by atoms with Crippen molar-refractivity contribution in [2.75, 3.05) is 18.8 Å². The molecule has 0 unspecified atom stereocenters. The number of hydrogen-bond acceptors (Lipinski definition) is 5. The molecule has 0 spiro atoms. The van der Waals surface area contributed by atoms with Crippen LogP contribution in [-0.2, 0) is 17.1 Å². The Bertz CT molecular complexity index is 794. The number of aromatic nitrogens is 3. The molecule has 2 aromatic rings. The molecule has 1 fully saturated rings. The van der Waals surface area contributed by atoms with E-state index in [-0.39, 0.29) is 0 Å². The molecule has 0 aliphatic carbocycles. The monoisotopic (exact) mass is 366 g/mol. The van der Waals surface area contributed by atoms with Crippen molar-refractivity contribution < 1.29 is 8.42 Å². The van der Waals surface area contributed by atoms with Crippen molar-refractivity contribution in [3.8, 4) is 11.4 Å². The van der Waals surface area contributed by atoms with E-state index in [1.807, 2.05) is 11.6 Å². The summed E-state index contributed by atoms with van der Waals surface area (Å²) in [7, 11) is -1.44. The van der Waals surface area contributed by atoms with Crippen molar-refractivity contribution in [1.82, 2.24) is 19.1 Å². The first kappa shape index (κ1) is 17.4. The highest BCUT2D eigenvalue weighted by molar-refractivity contribution is 7.99. The summed E-state index contributed by atoms with van der Waals surface area (Å²) in [4.78, 5) is 0.343. The van der Waals surface area contributed by atoms with Crippen molar-refractivity contribution in [2.45, 2.75) is 36.2 Å². The van der Waals surface area contributed by atoms with Gasteiger partial charge in [-0.05, 0) is 43.5 Å². The highest BCUT2D eigenvalue weighted by Crippen LogP contribution is 2.26. The van der Waals surface area contributed by atoms with Crippen LogP contribution in [0.5, 0.6) is 0 Å². The molecule has 130 valence electrons. The lowest BCUT2D eigenvalue weighted by Crippen LogP contribution is -2.27. The summed E-state index contributed by atoms with van der Waals surface area (Å²) in [6.07, 6.45) is 2.96. The number of sulfonamides is 1. The molecule has 3 rings (SSSR count). The van der Waals surface area contributed by atoms with E-state index in [0.29, 0.717) is 18.0 Å². The maximum atomic E-state index is 12.6. The van der Waals surface area contributed by atoms with Crippen LogP contribution in [0, 0.1) is 0 Å². The Morgan fingerprint density at radius 3 is 2.42 bits per heavy atom. The maximum Gasteiger partial charge on any atom is 0.243 e. The second kappa shape index (κ2) is 7.25. The first-order valence-corrected chi connectivity index (χ1v) is 10.6. The number of nitrogens with zero attached hydrogens (tertiary/aromatic N) is 4. The van der Waals surface area contributed by atoms with Crippen LogP contribution in [0.2, 0.25) is 0 Å². The van der Waals surface area contributed by atoms with E-state index < -0.39 is 10.0 Å². The van der Waals surface area contributed by atoms with Gasteiger partial charge in [-0.15, -0.1) is 10.2 Å². The number of thioether (sulfide) groups is 1. The van der Waals surface area contributed by atoms with Gasteiger partial charge in [0.1, 0.15) is 0 Å². The summed E-state index contributed by atoms with van der Waals surface area (Å²) < 4.78 is 28.6. The molecule has 0 N–H and O–H groups in total. The normalized spacial score (nSPS) is 15.9. The predicted octanol–water partition coefficient (Wildman–Crippen LogP) is 2.77. The largest absolute Gasteiger partial charge is 0.305 e. The number of benzene rings is 1. The van der Waals surface area contributed by atoms with E-state index >= 15 is 0 Å². The van der Waals surface area contributed by atoms with Gasteiger partial charge < -0.3 is 4.57 Å². The highest BCUT2D eigenvalue weighted by atomic mass is 32.2. The van der Waals surface area contributed by atoms with Gasteiger partial charge in [0, 0.05) is 31.5 Å². The minimum absolute atomic E-state index is 0.343. The molecule has 1 aliphatic rings. The first-order chi connectivity index (χ1) is 11.5. The van der Waals surface area contributed by atoms with Crippen molar-refractivity contribution in [3.05, 3.63) is 24.3 Å². The van der Waals surface area contributed by atoms with Gasteiger partial charge in [0.05, 0.1) is 4.90 Å². The Morgan fingerprint density at radius 1 is 1.12 bits per heavy atom. The SMILES string of the molecule is CCCSc1nnc(-c2ccc(S(=O)(=O)N3CCCC3)cc2)n1C. The summed E-state index contributed by atoms with van der Waals surface area (Å²) in [5.74, 6) is 1.75. The minimum atomic E-state index is -3.37. The fraction of sp³-hybridized carbons (Fsp3) is 0.500. The fourth-order valence-electron chi connectivity index (χ4n) is 2.74. The van der Waals surface area contributed by atoms with Crippen LogP contribution < -0.4 is 0 Å². The van der Waals surface area contributed by atoms with Crippen LogP contribution in [0.3, 0.4) is 0 Å². The molecule has 0 amide bonds. The topological polar surface area (TPSA) is 68.1 Å². The molecule has 8 heteroatoms. The maximum absolute atomic E-state index is 12.6. The molecule has 0 saturated carbocycles. The van der Waals surface area contributed by atoms with Gasteiger partial charge >= 0.3 is 0 Å². The van der Waals surface area contributed by atoms with E-state index in [1.54, 1.807) is 40.3 Å². The molecular weight excluding hydrogens is 344 g/mol. The van der Waals surface area contributed by atoms with Crippen LogP contribution in [0.1, 0.15) is 26.2 Å². The molecule has 0 atom stereocenters. The van der Waals surface area contributed by atoms with Crippen LogP contribution in [0.25, 0.3) is 11.4 Å². The molecule has 1 saturated heterocycles. The third-order valence-corrected chi connectivity index (χ3v) is 7.22. The Balaban J connectivity index is 1.83. The van der Waals surface area contributed by atoms with Gasteiger partial charge in [-0.25, -0.2) is 8.42 Å². The number of rotatable bonds is 6. The molecule has 6 nitrogen and oxygen atoms in total. The van der Waals surface area contributed by atoms with Crippen LogP contribution in [0.15, 0.2) is 34.3 Å². The van der Waals surface area contributed by atoms with Gasteiger partial charge in [-0.2, -0.15) is 4.31 Å².